The second kappa shape index (κ2) is 5.71. The molecule has 1 aliphatic rings. The molecule has 0 amide bonds. The average molecular weight is 291 g/mol. The van der Waals surface area contributed by atoms with Gasteiger partial charge in [0, 0.05) is 6.07 Å². The predicted octanol–water partition coefficient (Wildman–Crippen LogP) is 2.07. The highest BCUT2D eigenvalue weighted by Crippen LogP contribution is 2.15. The van der Waals surface area contributed by atoms with E-state index in [-0.39, 0.29) is 11.3 Å². The van der Waals surface area contributed by atoms with E-state index in [1.54, 1.807) is 0 Å². The molecule has 6 heteroatoms. The van der Waals surface area contributed by atoms with Gasteiger partial charge in [0.05, 0.1) is 18.6 Å². The lowest BCUT2D eigenvalue weighted by Crippen LogP contribution is -2.46. The summed E-state index contributed by atoms with van der Waals surface area (Å²) in [5, 5.41) is 12.5. The summed E-state index contributed by atoms with van der Waals surface area (Å²) in [6.45, 7) is 1.37. The molecule has 112 valence electrons. The summed E-state index contributed by atoms with van der Waals surface area (Å²) < 4.78 is 13.9. The zero-order valence-corrected chi connectivity index (χ0v) is 11.8. The molecule has 0 aliphatic carbocycles. The van der Waals surface area contributed by atoms with Crippen LogP contribution in [-0.4, -0.2) is 18.1 Å². The normalized spacial score (nSPS) is 16.7. The molecule has 1 fully saturated rings. The summed E-state index contributed by atoms with van der Waals surface area (Å²) >= 11 is 0. The Balaban J connectivity index is 2.10. The zero-order valence-electron chi connectivity index (χ0n) is 11.8. The van der Waals surface area contributed by atoms with E-state index in [2.05, 4.69) is 4.98 Å². The number of hydrogen-bond acceptors (Lipinski definition) is 3. The number of nitrogens with zero attached hydrogens (tertiary/aromatic N) is 2. The summed E-state index contributed by atoms with van der Waals surface area (Å²) in [7, 11) is 0. The number of fused-ring (bicyclic) bond motifs is 1. The minimum atomic E-state index is -0.488. The number of aromatic amines is 1. The van der Waals surface area contributed by atoms with Gasteiger partial charge in [0.15, 0.2) is 5.52 Å². The largest absolute Gasteiger partial charge is 0.710 e. The highest BCUT2D eigenvalue weighted by Gasteiger charge is 2.24. The summed E-state index contributed by atoms with van der Waals surface area (Å²) in [5.74, 6) is -0.409. The van der Waals surface area contributed by atoms with Crippen molar-refractivity contribution in [2.75, 3.05) is 18.0 Å². The molecule has 0 saturated carbocycles. The van der Waals surface area contributed by atoms with Crippen LogP contribution in [0.2, 0.25) is 0 Å². The number of rotatable bonds is 1. The van der Waals surface area contributed by atoms with Crippen LogP contribution in [0.3, 0.4) is 0 Å². The molecule has 0 radical (unpaired) electrons. The van der Waals surface area contributed by atoms with Gasteiger partial charge in [0.2, 0.25) is 0 Å². The molecular weight excluding hydrogens is 273 g/mol. The van der Waals surface area contributed by atoms with Gasteiger partial charge >= 0.3 is 11.4 Å². The Kier molecular flexibility index (Phi) is 3.77. The van der Waals surface area contributed by atoms with Crippen molar-refractivity contribution < 1.29 is 9.12 Å². The average Bonchev–Trinajstić information content (AvgIpc) is 2.42. The van der Waals surface area contributed by atoms with Crippen molar-refractivity contribution >= 4 is 16.9 Å². The van der Waals surface area contributed by atoms with Crippen LogP contribution in [0.5, 0.6) is 0 Å². The summed E-state index contributed by atoms with van der Waals surface area (Å²) in [4.78, 5) is 16.7. The number of H-pyrrole nitrogens is 1. The monoisotopic (exact) mass is 291 g/mol. The Bertz CT molecular complexity index is 706. The first-order valence-electron chi connectivity index (χ1n) is 7.37. The number of hydrogen-bond donors (Lipinski definition) is 1. The summed E-state index contributed by atoms with van der Waals surface area (Å²) in [5.41, 5.74) is 0.100. The Morgan fingerprint density at radius 1 is 1.14 bits per heavy atom. The van der Waals surface area contributed by atoms with Gasteiger partial charge in [-0.3, -0.25) is 9.69 Å². The molecule has 1 N–H and O–H groups in total. The van der Waals surface area contributed by atoms with Crippen LogP contribution in [0.4, 0.5) is 10.2 Å². The molecule has 2 aromatic rings. The Hall–Kier alpha value is -2.11. The van der Waals surface area contributed by atoms with Crippen LogP contribution in [-0.2, 0) is 0 Å². The maximum Gasteiger partial charge on any atom is 0.346 e. The van der Waals surface area contributed by atoms with E-state index in [1.807, 2.05) is 4.90 Å². The molecule has 3 rings (SSSR count). The Morgan fingerprint density at radius 2 is 1.81 bits per heavy atom. The molecule has 0 unspecified atom stereocenters. The van der Waals surface area contributed by atoms with Gasteiger partial charge in [-0.25, -0.2) is 9.12 Å². The number of nitrogens with one attached hydrogen (secondary N) is 1. The second-order valence-electron chi connectivity index (χ2n) is 5.49. The highest BCUT2D eigenvalue weighted by atomic mass is 19.1. The van der Waals surface area contributed by atoms with E-state index in [0.29, 0.717) is 23.3 Å². The molecule has 0 spiro atoms. The van der Waals surface area contributed by atoms with E-state index < -0.39 is 11.4 Å². The topological polar surface area (TPSA) is 63.0 Å². The van der Waals surface area contributed by atoms with Gasteiger partial charge < -0.3 is 10.2 Å². The molecule has 1 aliphatic heterocycles. The van der Waals surface area contributed by atoms with Gasteiger partial charge in [-0.1, -0.05) is 6.42 Å². The maximum atomic E-state index is 13.4. The van der Waals surface area contributed by atoms with E-state index in [0.717, 1.165) is 31.7 Å². The summed E-state index contributed by atoms with van der Waals surface area (Å²) in [6, 6.07) is 3.80. The molecule has 0 atom stereocenters. The lowest BCUT2D eigenvalue weighted by atomic mass is 10.1. The van der Waals surface area contributed by atoms with Crippen molar-refractivity contribution in [3.8, 4) is 0 Å². The molecule has 0 bridgehead atoms. The molecule has 2 heterocycles. The standard InChI is InChI=1S/C15H18FN3O2/c16-11-6-7-12-13(10-11)19(21)15(14(20)17-12)18-8-4-2-1-3-5-9-18/h6-7,10H,1-5,8-9H2,(H,17,20). The van der Waals surface area contributed by atoms with Crippen molar-refractivity contribution in [1.82, 2.24) is 4.98 Å². The van der Waals surface area contributed by atoms with Gasteiger partial charge in [-0.05, 0) is 37.8 Å². The number of benzene rings is 1. The third-order valence-electron chi connectivity index (χ3n) is 3.98. The first kappa shape index (κ1) is 13.9. The van der Waals surface area contributed by atoms with Crippen molar-refractivity contribution in [3.05, 3.63) is 39.6 Å². The highest BCUT2D eigenvalue weighted by molar-refractivity contribution is 5.71. The fraction of sp³-hybridized carbons (Fsp3) is 0.467. The number of anilines is 1. The molecule has 5 nitrogen and oxygen atoms in total. The van der Waals surface area contributed by atoms with Crippen LogP contribution in [0.15, 0.2) is 23.0 Å². The first-order valence-corrected chi connectivity index (χ1v) is 7.37. The molecule has 1 saturated heterocycles. The number of halogens is 1. The fourth-order valence-corrected chi connectivity index (χ4v) is 2.89. The molecular formula is C15H18FN3O2. The van der Waals surface area contributed by atoms with Gasteiger partial charge in [-0.15, -0.1) is 0 Å². The fourth-order valence-electron chi connectivity index (χ4n) is 2.89. The molecule has 21 heavy (non-hydrogen) atoms. The van der Waals surface area contributed by atoms with Crippen molar-refractivity contribution in [1.29, 1.82) is 0 Å². The van der Waals surface area contributed by atoms with Crippen molar-refractivity contribution in [3.63, 3.8) is 0 Å². The van der Waals surface area contributed by atoms with Crippen molar-refractivity contribution in [2.24, 2.45) is 0 Å². The van der Waals surface area contributed by atoms with Crippen LogP contribution in [0.25, 0.3) is 11.0 Å². The van der Waals surface area contributed by atoms with Crippen LogP contribution in [0, 0.1) is 11.0 Å². The van der Waals surface area contributed by atoms with Crippen LogP contribution >= 0.6 is 0 Å². The third-order valence-corrected chi connectivity index (χ3v) is 3.98. The van der Waals surface area contributed by atoms with Crippen LogP contribution in [0.1, 0.15) is 32.1 Å². The van der Waals surface area contributed by atoms with Gasteiger partial charge in [0.25, 0.3) is 0 Å². The Labute approximate surface area is 121 Å². The van der Waals surface area contributed by atoms with E-state index >= 15 is 0 Å². The van der Waals surface area contributed by atoms with Gasteiger partial charge in [0.1, 0.15) is 5.82 Å². The zero-order chi connectivity index (χ0) is 14.8. The van der Waals surface area contributed by atoms with Crippen molar-refractivity contribution in [2.45, 2.75) is 32.1 Å². The predicted molar refractivity (Wildman–Crippen MR) is 78.8 cm³/mol. The molecule has 1 aromatic heterocycles. The Morgan fingerprint density at radius 3 is 2.52 bits per heavy atom. The quantitative estimate of drug-likeness (QED) is 0.646. The second-order valence-corrected chi connectivity index (χ2v) is 5.49. The van der Waals surface area contributed by atoms with E-state index in [4.69, 9.17) is 0 Å². The minimum Gasteiger partial charge on any atom is -0.710 e. The maximum absolute atomic E-state index is 13.4. The first-order chi connectivity index (χ1) is 10.2. The summed E-state index contributed by atoms with van der Waals surface area (Å²) in [6.07, 6.45) is 5.33. The van der Waals surface area contributed by atoms with Gasteiger partial charge in [-0.2, -0.15) is 0 Å². The number of aromatic nitrogens is 2. The smallest absolute Gasteiger partial charge is 0.346 e. The van der Waals surface area contributed by atoms with E-state index in [9.17, 15) is 14.4 Å². The minimum absolute atomic E-state index is 0.0787. The van der Waals surface area contributed by atoms with Crippen LogP contribution < -0.4 is 15.2 Å². The molecule has 1 aromatic carbocycles. The lowest BCUT2D eigenvalue weighted by Gasteiger charge is -2.22. The third kappa shape index (κ3) is 2.70. The SMILES string of the molecule is O=c1[nH]c2ccc(F)cc2[n+]([O-])c1N1CCCCCCC1. The lowest BCUT2D eigenvalue weighted by molar-refractivity contribution is -0.564. The van der Waals surface area contributed by atoms with E-state index in [1.165, 1.54) is 18.6 Å².